The van der Waals surface area contributed by atoms with Crippen LogP contribution in [-0.2, 0) is 33.2 Å². The zero-order valence-electron chi connectivity index (χ0n) is 53.9. The maximum atomic E-state index is 13.2. The van der Waals surface area contributed by atoms with E-state index in [2.05, 4.69) is 38.2 Å². The molecule has 2 rings (SSSR count). The molecule has 496 valence electrons. The molecule has 2 fully saturated rings. The zero-order valence-corrected chi connectivity index (χ0v) is 53.9. The van der Waals surface area contributed by atoms with Crippen molar-refractivity contribution >= 4 is 5.97 Å². The largest absolute Gasteiger partial charge is 0.457 e. The van der Waals surface area contributed by atoms with Crippen LogP contribution in [0.25, 0.3) is 0 Å². The highest BCUT2D eigenvalue weighted by atomic mass is 16.7. The van der Waals surface area contributed by atoms with E-state index in [0.717, 1.165) is 44.9 Å². The molecule has 0 aromatic rings. The van der Waals surface area contributed by atoms with E-state index in [-0.39, 0.29) is 25.6 Å². The summed E-state index contributed by atoms with van der Waals surface area (Å²) < 4.78 is 34.6. The van der Waals surface area contributed by atoms with Crippen molar-refractivity contribution in [2.24, 2.45) is 0 Å². The van der Waals surface area contributed by atoms with Crippen LogP contribution in [0.1, 0.15) is 316 Å². The Bertz CT molecular complexity index is 1480. The molecule has 0 bridgehead atoms. The molecule has 0 radical (unpaired) electrons. The molecule has 0 saturated carbocycles. The fraction of sp³-hybridized carbons (Fsp3) is 0.929. The lowest BCUT2D eigenvalue weighted by atomic mass is 9.98. The van der Waals surface area contributed by atoms with Crippen LogP contribution >= 0.6 is 0 Å². The number of carbonyl (C=O) groups is 1. The third-order valence-electron chi connectivity index (χ3n) is 17.2. The van der Waals surface area contributed by atoms with E-state index in [1.165, 1.54) is 244 Å². The van der Waals surface area contributed by atoms with Crippen LogP contribution in [-0.4, -0.2) is 142 Å². The summed E-state index contributed by atoms with van der Waals surface area (Å²) in [4.78, 5) is 13.2. The van der Waals surface area contributed by atoms with Crippen molar-refractivity contribution in [3.05, 3.63) is 24.3 Å². The van der Waals surface area contributed by atoms with Gasteiger partial charge in [0.15, 0.2) is 12.6 Å². The number of hydrogen-bond donors (Lipinski definition) is 7. The molecule has 0 aromatic heterocycles. The lowest BCUT2D eigenvalue weighted by Gasteiger charge is -2.42. The first-order chi connectivity index (χ1) is 41.1. The van der Waals surface area contributed by atoms with Gasteiger partial charge < -0.3 is 64.2 Å². The van der Waals surface area contributed by atoms with Crippen LogP contribution in [0, 0.1) is 0 Å². The summed E-state index contributed by atoms with van der Waals surface area (Å²) in [5.41, 5.74) is 0. The Kier molecular flexibility index (Phi) is 53.0. The number of hydrogen-bond acceptors (Lipinski definition) is 14. The molecule has 14 nitrogen and oxygen atoms in total. The van der Waals surface area contributed by atoms with Gasteiger partial charge in [-0.15, -0.1) is 0 Å². The monoisotopic (exact) mass is 1200 g/mol. The van der Waals surface area contributed by atoms with Crippen LogP contribution < -0.4 is 0 Å². The van der Waals surface area contributed by atoms with Gasteiger partial charge in [0.25, 0.3) is 0 Å². The van der Waals surface area contributed by atoms with Crippen LogP contribution in [0.2, 0.25) is 0 Å². The van der Waals surface area contributed by atoms with E-state index in [1.807, 2.05) is 0 Å². The fourth-order valence-electron chi connectivity index (χ4n) is 11.6. The Morgan fingerprint density at radius 2 is 0.738 bits per heavy atom. The van der Waals surface area contributed by atoms with Gasteiger partial charge in [-0.2, -0.15) is 0 Å². The maximum absolute atomic E-state index is 13.2. The Balaban J connectivity index is 1.62. The highest BCUT2D eigenvalue weighted by Gasteiger charge is 2.47. The summed E-state index contributed by atoms with van der Waals surface area (Å²) in [7, 11) is 0. The van der Waals surface area contributed by atoms with Crippen molar-refractivity contribution < 1.29 is 69.0 Å². The normalized spacial score (nSPS) is 23.3. The summed E-state index contributed by atoms with van der Waals surface area (Å²) in [5, 5.41) is 72.6. The quantitative estimate of drug-likeness (QED) is 0.0171. The third kappa shape index (κ3) is 41.6. The van der Waals surface area contributed by atoms with Crippen molar-refractivity contribution in [1.29, 1.82) is 0 Å². The number of unbranched alkanes of at least 4 members (excludes halogenated alkanes) is 42. The van der Waals surface area contributed by atoms with Gasteiger partial charge in [-0.25, -0.2) is 0 Å². The van der Waals surface area contributed by atoms with Crippen molar-refractivity contribution in [1.82, 2.24) is 0 Å². The summed E-state index contributed by atoms with van der Waals surface area (Å²) in [6.45, 7) is 3.76. The van der Waals surface area contributed by atoms with E-state index < -0.39 is 80.7 Å². The molecule has 84 heavy (non-hydrogen) atoms. The number of esters is 1. The van der Waals surface area contributed by atoms with Crippen molar-refractivity contribution in [2.45, 2.75) is 383 Å². The first-order valence-electron chi connectivity index (χ1n) is 35.4. The van der Waals surface area contributed by atoms with E-state index >= 15 is 0 Å². The summed E-state index contributed by atoms with van der Waals surface area (Å²) >= 11 is 0. The van der Waals surface area contributed by atoms with Gasteiger partial charge in [0, 0.05) is 13.0 Å². The Hall–Kier alpha value is -1.53. The van der Waals surface area contributed by atoms with E-state index in [0.29, 0.717) is 13.0 Å². The number of allylic oxidation sites excluding steroid dienone is 4. The second-order valence-electron chi connectivity index (χ2n) is 25.1. The molecule has 2 aliphatic rings. The number of ether oxygens (including phenoxy) is 6. The predicted octanol–water partition coefficient (Wildman–Crippen LogP) is 15.0. The fourth-order valence-corrected chi connectivity index (χ4v) is 11.6. The molecule has 11 unspecified atom stereocenters. The Morgan fingerprint density at radius 3 is 1.14 bits per heavy atom. The molecule has 2 heterocycles. The van der Waals surface area contributed by atoms with E-state index in [1.54, 1.807) is 0 Å². The van der Waals surface area contributed by atoms with Gasteiger partial charge in [0.05, 0.1) is 26.4 Å². The molecule has 11 atom stereocenters. The molecular weight excluding hydrogens is 1060 g/mol. The maximum Gasteiger partial charge on any atom is 0.306 e. The van der Waals surface area contributed by atoms with Gasteiger partial charge in [0.2, 0.25) is 0 Å². The average Bonchev–Trinajstić information content (AvgIpc) is 3.15. The number of rotatable bonds is 60. The number of aliphatic hydroxyl groups is 7. The minimum Gasteiger partial charge on any atom is -0.457 e. The van der Waals surface area contributed by atoms with Crippen LogP contribution in [0.15, 0.2) is 24.3 Å². The predicted molar refractivity (Wildman–Crippen MR) is 340 cm³/mol. The van der Waals surface area contributed by atoms with Gasteiger partial charge >= 0.3 is 5.97 Å². The van der Waals surface area contributed by atoms with Crippen molar-refractivity contribution in [2.75, 3.05) is 33.0 Å². The van der Waals surface area contributed by atoms with Crippen molar-refractivity contribution in [3.8, 4) is 0 Å². The molecule has 7 N–H and O–H groups in total. The first kappa shape index (κ1) is 78.6. The van der Waals surface area contributed by atoms with Gasteiger partial charge in [-0.1, -0.05) is 289 Å². The second-order valence-corrected chi connectivity index (χ2v) is 25.1. The molecule has 2 aliphatic heterocycles. The van der Waals surface area contributed by atoms with Gasteiger partial charge in [-0.05, 0) is 44.9 Å². The summed E-state index contributed by atoms with van der Waals surface area (Å²) in [5.74, 6) is -0.367. The van der Waals surface area contributed by atoms with Crippen LogP contribution in [0.5, 0.6) is 0 Å². The molecule has 0 aliphatic carbocycles. The van der Waals surface area contributed by atoms with E-state index in [9.17, 15) is 40.5 Å². The number of carbonyl (C=O) groups excluding carboxylic acids is 1. The second kappa shape index (κ2) is 56.7. The Morgan fingerprint density at radius 1 is 0.393 bits per heavy atom. The highest BCUT2D eigenvalue weighted by Crippen LogP contribution is 2.27. The van der Waals surface area contributed by atoms with Crippen molar-refractivity contribution in [3.63, 3.8) is 0 Å². The highest BCUT2D eigenvalue weighted by molar-refractivity contribution is 5.69. The smallest absolute Gasteiger partial charge is 0.306 e. The van der Waals surface area contributed by atoms with Gasteiger partial charge in [0.1, 0.15) is 54.9 Å². The molecule has 14 heteroatoms. The Labute approximate surface area is 513 Å². The minimum absolute atomic E-state index is 0.0671. The average molecular weight is 1200 g/mol. The topological polar surface area (TPSA) is 214 Å². The molecule has 0 aromatic carbocycles. The van der Waals surface area contributed by atoms with E-state index in [4.69, 9.17) is 28.4 Å². The van der Waals surface area contributed by atoms with Crippen LogP contribution in [0.3, 0.4) is 0 Å². The molecule has 0 amide bonds. The summed E-state index contributed by atoms with van der Waals surface area (Å²) in [6, 6.07) is 0. The lowest BCUT2D eigenvalue weighted by Crippen LogP contribution is -2.61. The minimum atomic E-state index is -1.71. The first-order valence-corrected chi connectivity index (χ1v) is 35.4. The lowest BCUT2D eigenvalue weighted by molar-refractivity contribution is -0.332. The SMILES string of the molecule is CCCCCCC/C=C\C/C=C\CCCCCCCCCCCCCCCCOCC(COC1OC(COC2OC(CO)C(O)C(O)C2O)C(O)C(O)C1O)OC(=O)CCCCCCCCCCCCCCCCCCCCCCCCCC. The summed E-state index contributed by atoms with van der Waals surface area (Å²) in [6.07, 6.45) is 52.6. The third-order valence-corrected chi connectivity index (χ3v) is 17.2. The molecule has 0 spiro atoms. The van der Waals surface area contributed by atoms with Crippen LogP contribution in [0.4, 0.5) is 0 Å². The zero-order chi connectivity index (χ0) is 60.8. The molecular formula is C70H132O14. The standard InChI is InChI=1S/C70H132O14/c1-3-5-7-9-11-13-15-17-19-21-23-25-27-29-30-32-34-36-38-40-42-44-46-48-50-52-54-79-56-59(57-80-69-68(78)66(76)64(74)61(84-69)58-81-70-67(77)65(75)63(73)60(55-71)83-70)82-62(72)53-51-49-47-45-43-41-39-37-35-33-31-28-26-24-22-20-18-16-14-12-10-8-6-4-2/h15,17,21,23,59-61,63-71,73-78H,3-14,16,18-20,22,24-58H2,1-2H3/b17-15-,23-21-. The molecule has 2 saturated heterocycles. The number of aliphatic hydroxyl groups excluding tert-OH is 7. The van der Waals surface area contributed by atoms with Gasteiger partial charge in [-0.3, -0.25) is 4.79 Å².